The molecule has 1 aromatic heterocycles. The van der Waals surface area contributed by atoms with Gasteiger partial charge in [-0.15, -0.1) is 11.3 Å². The van der Waals surface area contributed by atoms with Crippen LogP contribution in [0.1, 0.15) is 13.8 Å². The van der Waals surface area contributed by atoms with Gasteiger partial charge in [-0.1, -0.05) is 0 Å². The molecule has 12 heavy (non-hydrogen) atoms. The minimum atomic E-state index is -0.246. The normalized spacial score (nSPS) is 11.7. The van der Waals surface area contributed by atoms with Gasteiger partial charge in [0, 0.05) is 9.85 Å². The van der Waals surface area contributed by atoms with Crippen LogP contribution in [-0.4, -0.2) is 17.3 Å². The smallest absolute Gasteiger partial charge is 0.0899 e. The van der Waals surface area contributed by atoms with Crippen LogP contribution >= 0.6 is 27.3 Å². The molecule has 68 valence electrons. The molecule has 0 aromatic carbocycles. The number of aliphatic hydroxyl groups excluding tert-OH is 1. The van der Waals surface area contributed by atoms with E-state index in [9.17, 15) is 0 Å². The molecule has 4 heteroatoms. The molecule has 0 radical (unpaired) electrons. The second-order valence-corrected chi connectivity index (χ2v) is 5.12. The van der Waals surface area contributed by atoms with E-state index in [1.165, 1.54) is 0 Å². The van der Waals surface area contributed by atoms with E-state index in [0.29, 0.717) is 0 Å². The molecular weight excluding hydrogens is 238 g/mol. The number of thiophene rings is 1. The molecule has 2 N–H and O–H groups in total. The summed E-state index contributed by atoms with van der Waals surface area (Å²) in [6.07, 6.45) is 0. The molecule has 1 rings (SSSR count). The Labute approximate surface area is 84.7 Å². The maximum absolute atomic E-state index is 8.99. The van der Waals surface area contributed by atoms with Crippen molar-refractivity contribution in [2.24, 2.45) is 0 Å². The van der Waals surface area contributed by atoms with Gasteiger partial charge in [0.05, 0.1) is 17.1 Å². The highest BCUT2D eigenvalue weighted by Crippen LogP contribution is 2.26. The van der Waals surface area contributed by atoms with E-state index in [1.54, 1.807) is 11.3 Å². The van der Waals surface area contributed by atoms with Crippen molar-refractivity contribution < 1.29 is 5.11 Å². The predicted octanol–water partition coefficient (Wildman–Crippen LogP) is 2.69. The van der Waals surface area contributed by atoms with Crippen molar-refractivity contribution >= 4 is 32.3 Å². The predicted molar refractivity (Wildman–Crippen MR) is 56.8 cm³/mol. The highest BCUT2D eigenvalue weighted by atomic mass is 79.9. The molecule has 1 heterocycles. The Balaban J connectivity index is 2.63. The fourth-order valence-electron chi connectivity index (χ4n) is 0.752. The van der Waals surface area contributed by atoms with E-state index in [0.717, 1.165) is 9.47 Å². The zero-order valence-electron chi connectivity index (χ0n) is 7.10. The molecule has 0 bridgehead atoms. The summed E-state index contributed by atoms with van der Waals surface area (Å²) in [6.45, 7) is 4.05. The Morgan fingerprint density at radius 3 is 2.75 bits per heavy atom. The SMILES string of the molecule is CC(C)(CO)Nc1cc(Br)cs1. The maximum Gasteiger partial charge on any atom is 0.0899 e. The quantitative estimate of drug-likeness (QED) is 0.864. The van der Waals surface area contributed by atoms with Gasteiger partial charge >= 0.3 is 0 Å². The molecule has 0 aliphatic heterocycles. The topological polar surface area (TPSA) is 32.3 Å². The summed E-state index contributed by atoms with van der Waals surface area (Å²) in [5.41, 5.74) is -0.246. The van der Waals surface area contributed by atoms with Crippen LogP contribution in [0.4, 0.5) is 5.00 Å². The average molecular weight is 250 g/mol. The highest BCUT2D eigenvalue weighted by Gasteiger charge is 2.15. The van der Waals surface area contributed by atoms with Crippen LogP contribution in [0.2, 0.25) is 0 Å². The fraction of sp³-hybridized carbons (Fsp3) is 0.500. The summed E-state index contributed by atoms with van der Waals surface area (Å²) >= 11 is 4.99. The second-order valence-electron chi connectivity index (χ2n) is 3.30. The average Bonchev–Trinajstić information content (AvgIpc) is 2.35. The first-order chi connectivity index (χ1) is 5.53. The molecule has 0 aliphatic rings. The molecule has 0 spiro atoms. The molecule has 0 unspecified atom stereocenters. The Bertz CT molecular complexity index is 259. The van der Waals surface area contributed by atoms with Crippen LogP contribution < -0.4 is 5.32 Å². The zero-order chi connectivity index (χ0) is 9.19. The summed E-state index contributed by atoms with van der Waals surface area (Å²) in [7, 11) is 0. The number of halogens is 1. The summed E-state index contributed by atoms with van der Waals surface area (Å²) in [4.78, 5) is 0. The van der Waals surface area contributed by atoms with E-state index in [1.807, 2.05) is 25.3 Å². The number of hydrogen-bond acceptors (Lipinski definition) is 3. The first-order valence-corrected chi connectivity index (χ1v) is 5.34. The lowest BCUT2D eigenvalue weighted by molar-refractivity contribution is 0.234. The number of hydrogen-bond donors (Lipinski definition) is 2. The third kappa shape index (κ3) is 2.77. The van der Waals surface area contributed by atoms with Crippen molar-refractivity contribution in [3.63, 3.8) is 0 Å². The van der Waals surface area contributed by atoms with E-state index in [4.69, 9.17) is 5.11 Å². The molecule has 0 amide bonds. The van der Waals surface area contributed by atoms with E-state index in [-0.39, 0.29) is 12.1 Å². The van der Waals surface area contributed by atoms with Gasteiger partial charge in [-0.3, -0.25) is 0 Å². The van der Waals surface area contributed by atoms with Crippen molar-refractivity contribution in [3.8, 4) is 0 Å². The van der Waals surface area contributed by atoms with Crippen molar-refractivity contribution in [1.29, 1.82) is 0 Å². The molecule has 0 atom stereocenters. The number of rotatable bonds is 3. The van der Waals surface area contributed by atoms with E-state index < -0.39 is 0 Å². The number of anilines is 1. The molecular formula is C8H12BrNOS. The van der Waals surface area contributed by atoms with Crippen LogP contribution in [0, 0.1) is 0 Å². The molecule has 1 aromatic rings. The third-order valence-electron chi connectivity index (χ3n) is 1.42. The largest absolute Gasteiger partial charge is 0.394 e. The van der Waals surface area contributed by atoms with Crippen molar-refractivity contribution in [2.45, 2.75) is 19.4 Å². The van der Waals surface area contributed by atoms with Gasteiger partial charge in [-0.25, -0.2) is 0 Å². The third-order valence-corrected chi connectivity index (χ3v) is 3.03. The van der Waals surface area contributed by atoms with Gasteiger partial charge in [0.1, 0.15) is 0 Å². The van der Waals surface area contributed by atoms with Crippen molar-refractivity contribution in [1.82, 2.24) is 0 Å². The first kappa shape index (κ1) is 10.0. The Morgan fingerprint density at radius 1 is 1.67 bits per heavy atom. The summed E-state index contributed by atoms with van der Waals surface area (Å²) in [6, 6.07) is 2.00. The molecule has 2 nitrogen and oxygen atoms in total. The lowest BCUT2D eigenvalue weighted by Crippen LogP contribution is -2.34. The summed E-state index contributed by atoms with van der Waals surface area (Å²) < 4.78 is 1.07. The standard InChI is InChI=1S/C8H12BrNOS/c1-8(2,5-11)10-7-3-6(9)4-12-7/h3-4,10-11H,5H2,1-2H3. The lowest BCUT2D eigenvalue weighted by Gasteiger charge is -2.23. The van der Waals surface area contributed by atoms with Crippen LogP contribution in [0.5, 0.6) is 0 Å². The summed E-state index contributed by atoms with van der Waals surface area (Å²) in [5.74, 6) is 0. The first-order valence-electron chi connectivity index (χ1n) is 3.66. The minimum Gasteiger partial charge on any atom is -0.394 e. The van der Waals surface area contributed by atoms with Crippen LogP contribution in [0.3, 0.4) is 0 Å². The number of nitrogens with one attached hydrogen (secondary N) is 1. The second kappa shape index (κ2) is 3.77. The van der Waals surface area contributed by atoms with E-state index >= 15 is 0 Å². The van der Waals surface area contributed by atoms with Gasteiger partial charge in [-0.05, 0) is 35.8 Å². The van der Waals surface area contributed by atoms with Crippen LogP contribution in [0.15, 0.2) is 15.9 Å². The lowest BCUT2D eigenvalue weighted by atomic mass is 10.1. The summed E-state index contributed by atoms with van der Waals surface area (Å²) in [5, 5.41) is 15.3. The van der Waals surface area contributed by atoms with Crippen LogP contribution in [-0.2, 0) is 0 Å². The minimum absolute atomic E-state index is 0.127. The monoisotopic (exact) mass is 249 g/mol. The Morgan fingerprint density at radius 2 is 2.33 bits per heavy atom. The van der Waals surface area contributed by atoms with Gasteiger partial charge in [-0.2, -0.15) is 0 Å². The number of aliphatic hydroxyl groups is 1. The fourth-order valence-corrected chi connectivity index (χ4v) is 2.25. The van der Waals surface area contributed by atoms with Gasteiger partial charge in [0.2, 0.25) is 0 Å². The van der Waals surface area contributed by atoms with E-state index in [2.05, 4.69) is 21.2 Å². The molecule has 0 saturated carbocycles. The van der Waals surface area contributed by atoms with Gasteiger partial charge in [0.25, 0.3) is 0 Å². The van der Waals surface area contributed by atoms with Crippen molar-refractivity contribution in [3.05, 3.63) is 15.9 Å². The molecule has 0 saturated heterocycles. The van der Waals surface area contributed by atoms with Gasteiger partial charge < -0.3 is 10.4 Å². The maximum atomic E-state index is 8.99. The highest BCUT2D eigenvalue weighted by molar-refractivity contribution is 9.10. The molecule has 0 aliphatic carbocycles. The van der Waals surface area contributed by atoms with Gasteiger partial charge in [0.15, 0.2) is 0 Å². The van der Waals surface area contributed by atoms with Crippen molar-refractivity contribution in [2.75, 3.05) is 11.9 Å². The zero-order valence-corrected chi connectivity index (χ0v) is 9.50. The Hall–Kier alpha value is -0.0600. The Kier molecular flexibility index (Phi) is 3.15. The van der Waals surface area contributed by atoms with Crippen LogP contribution in [0.25, 0.3) is 0 Å². The molecule has 0 fully saturated rings.